The first-order valence-electron chi connectivity index (χ1n) is 5.24. The molecule has 0 atom stereocenters. The van der Waals surface area contributed by atoms with Gasteiger partial charge in [-0.15, -0.1) is 0 Å². The minimum Gasteiger partial charge on any atom is -0.258 e. The third-order valence-electron chi connectivity index (χ3n) is 2.58. The number of halogens is 2. The second-order valence-electron chi connectivity index (χ2n) is 3.80. The van der Waals surface area contributed by atoms with Crippen LogP contribution in [-0.4, -0.2) is 4.92 Å². The van der Waals surface area contributed by atoms with Crippen molar-refractivity contribution in [2.24, 2.45) is 0 Å². The molecular weight excluding hydrogens is 273 g/mol. The first-order valence-corrected chi connectivity index (χ1v) is 6.00. The van der Waals surface area contributed by atoms with Crippen LogP contribution in [0.5, 0.6) is 0 Å². The summed E-state index contributed by atoms with van der Waals surface area (Å²) in [6.45, 7) is 0. The minimum atomic E-state index is -0.414. The summed E-state index contributed by atoms with van der Waals surface area (Å²) in [6.07, 6.45) is 0.385. The predicted molar refractivity (Wildman–Crippen MR) is 72.4 cm³/mol. The van der Waals surface area contributed by atoms with E-state index in [1.54, 1.807) is 12.1 Å². The summed E-state index contributed by atoms with van der Waals surface area (Å²) in [5.74, 6) is 0. The summed E-state index contributed by atoms with van der Waals surface area (Å²) in [6, 6.07) is 11.8. The van der Waals surface area contributed by atoms with Gasteiger partial charge in [-0.25, -0.2) is 0 Å². The van der Waals surface area contributed by atoms with Crippen LogP contribution in [0.25, 0.3) is 0 Å². The molecule has 92 valence electrons. The van der Waals surface area contributed by atoms with Gasteiger partial charge in [0.2, 0.25) is 0 Å². The molecule has 0 aliphatic heterocycles. The molecule has 0 bridgehead atoms. The first-order chi connectivity index (χ1) is 8.58. The van der Waals surface area contributed by atoms with E-state index in [0.29, 0.717) is 22.0 Å². The lowest BCUT2D eigenvalue weighted by atomic mass is 10.0. The lowest BCUT2D eigenvalue weighted by molar-refractivity contribution is -0.385. The van der Waals surface area contributed by atoms with Crippen LogP contribution >= 0.6 is 23.2 Å². The van der Waals surface area contributed by atoms with Crippen molar-refractivity contribution in [2.75, 3.05) is 0 Å². The molecule has 2 aromatic carbocycles. The lowest BCUT2D eigenvalue weighted by Gasteiger charge is -2.05. The quantitative estimate of drug-likeness (QED) is 0.614. The van der Waals surface area contributed by atoms with Crippen molar-refractivity contribution in [1.29, 1.82) is 0 Å². The Labute approximate surface area is 114 Å². The Morgan fingerprint density at radius 2 is 1.78 bits per heavy atom. The van der Waals surface area contributed by atoms with Crippen molar-refractivity contribution in [3.8, 4) is 0 Å². The maximum absolute atomic E-state index is 10.9. The third-order valence-corrected chi connectivity index (χ3v) is 3.18. The second-order valence-corrected chi connectivity index (χ2v) is 4.64. The first kappa shape index (κ1) is 12.9. The van der Waals surface area contributed by atoms with Gasteiger partial charge in [-0.1, -0.05) is 41.4 Å². The van der Waals surface area contributed by atoms with Crippen LogP contribution in [0.2, 0.25) is 10.0 Å². The maximum atomic E-state index is 10.9. The normalized spacial score (nSPS) is 10.3. The molecule has 0 spiro atoms. The molecule has 0 aromatic heterocycles. The summed E-state index contributed by atoms with van der Waals surface area (Å²) in [5, 5.41) is 12.0. The van der Waals surface area contributed by atoms with E-state index in [1.807, 2.05) is 18.2 Å². The number of hydrogen-bond donors (Lipinski definition) is 0. The molecular formula is C13H9Cl2NO2. The monoisotopic (exact) mass is 281 g/mol. The highest BCUT2D eigenvalue weighted by molar-refractivity contribution is 6.31. The number of nitro benzene ring substituents is 1. The molecule has 2 rings (SSSR count). The van der Waals surface area contributed by atoms with Gasteiger partial charge < -0.3 is 0 Å². The van der Waals surface area contributed by atoms with Crippen molar-refractivity contribution in [2.45, 2.75) is 6.42 Å². The van der Waals surface area contributed by atoms with Gasteiger partial charge >= 0.3 is 0 Å². The Morgan fingerprint density at radius 1 is 1.06 bits per heavy atom. The van der Waals surface area contributed by atoms with E-state index in [2.05, 4.69) is 0 Å². The average molecular weight is 282 g/mol. The largest absolute Gasteiger partial charge is 0.273 e. The zero-order valence-corrected chi connectivity index (χ0v) is 10.8. The SMILES string of the molecule is O=[N+]([O-])c1ccc(Cl)cc1Cc1ccccc1Cl. The minimum absolute atomic E-state index is 0.0549. The zero-order chi connectivity index (χ0) is 13.1. The van der Waals surface area contributed by atoms with Crippen LogP contribution in [0, 0.1) is 10.1 Å². The van der Waals surface area contributed by atoms with E-state index in [9.17, 15) is 10.1 Å². The molecule has 3 nitrogen and oxygen atoms in total. The van der Waals surface area contributed by atoms with Crippen molar-refractivity contribution in [3.63, 3.8) is 0 Å². The lowest BCUT2D eigenvalue weighted by Crippen LogP contribution is -1.97. The molecule has 2 aromatic rings. The highest BCUT2D eigenvalue weighted by Gasteiger charge is 2.15. The number of rotatable bonds is 3. The van der Waals surface area contributed by atoms with Crippen molar-refractivity contribution >= 4 is 28.9 Å². The van der Waals surface area contributed by atoms with Crippen molar-refractivity contribution < 1.29 is 4.92 Å². The van der Waals surface area contributed by atoms with E-state index < -0.39 is 4.92 Å². The number of nitrogens with zero attached hydrogens (tertiary/aromatic N) is 1. The molecule has 0 fully saturated rings. The second kappa shape index (κ2) is 5.38. The third kappa shape index (κ3) is 2.81. The number of benzene rings is 2. The van der Waals surface area contributed by atoms with E-state index in [4.69, 9.17) is 23.2 Å². The van der Waals surface area contributed by atoms with Gasteiger partial charge in [-0.2, -0.15) is 0 Å². The summed E-state index contributed by atoms with van der Waals surface area (Å²) < 4.78 is 0. The van der Waals surface area contributed by atoms with Gasteiger partial charge in [-0.3, -0.25) is 10.1 Å². The number of hydrogen-bond acceptors (Lipinski definition) is 2. The van der Waals surface area contributed by atoms with Gasteiger partial charge in [0.15, 0.2) is 0 Å². The Kier molecular flexibility index (Phi) is 3.84. The van der Waals surface area contributed by atoms with E-state index >= 15 is 0 Å². The molecule has 0 heterocycles. The van der Waals surface area contributed by atoms with E-state index in [1.165, 1.54) is 12.1 Å². The Balaban J connectivity index is 2.42. The molecule has 0 aliphatic rings. The molecule has 5 heteroatoms. The Hall–Kier alpha value is -1.58. The fourth-order valence-electron chi connectivity index (χ4n) is 1.72. The highest BCUT2D eigenvalue weighted by Crippen LogP contribution is 2.27. The molecule has 0 saturated carbocycles. The Bertz CT molecular complexity index is 599. The average Bonchev–Trinajstić information content (AvgIpc) is 2.32. The van der Waals surface area contributed by atoms with Crippen LogP contribution in [0.1, 0.15) is 11.1 Å². The van der Waals surface area contributed by atoms with Crippen molar-refractivity contribution in [1.82, 2.24) is 0 Å². The topological polar surface area (TPSA) is 43.1 Å². The molecule has 0 radical (unpaired) electrons. The van der Waals surface area contributed by atoms with Crippen LogP contribution in [-0.2, 0) is 6.42 Å². The molecule has 18 heavy (non-hydrogen) atoms. The molecule has 0 amide bonds. The van der Waals surface area contributed by atoms with Gasteiger partial charge in [0.25, 0.3) is 5.69 Å². The molecule has 0 aliphatic carbocycles. The van der Waals surface area contributed by atoms with E-state index in [0.717, 1.165) is 5.56 Å². The summed E-state index contributed by atoms with van der Waals surface area (Å²) in [7, 11) is 0. The Morgan fingerprint density at radius 3 is 2.44 bits per heavy atom. The van der Waals surface area contributed by atoms with Gasteiger partial charge in [-0.05, 0) is 23.8 Å². The summed E-state index contributed by atoms with van der Waals surface area (Å²) >= 11 is 11.9. The predicted octanol–water partition coefficient (Wildman–Crippen LogP) is 4.49. The van der Waals surface area contributed by atoms with Crippen LogP contribution in [0.3, 0.4) is 0 Å². The van der Waals surface area contributed by atoms with E-state index in [-0.39, 0.29) is 5.69 Å². The molecule has 0 N–H and O–H groups in total. The van der Waals surface area contributed by atoms with Crippen LogP contribution in [0.15, 0.2) is 42.5 Å². The van der Waals surface area contributed by atoms with Crippen LogP contribution in [0.4, 0.5) is 5.69 Å². The molecule has 0 saturated heterocycles. The molecule has 0 unspecified atom stereocenters. The standard InChI is InChI=1S/C13H9Cl2NO2/c14-11-5-6-13(16(17)18)10(8-11)7-9-3-1-2-4-12(9)15/h1-6,8H,7H2. The van der Waals surface area contributed by atoms with Gasteiger partial charge in [0.1, 0.15) is 0 Å². The smallest absolute Gasteiger partial charge is 0.258 e. The summed E-state index contributed by atoms with van der Waals surface area (Å²) in [5.41, 5.74) is 1.45. The van der Waals surface area contributed by atoms with Gasteiger partial charge in [0, 0.05) is 28.1 Å². The highest BCUT2D eigenvalue weighted by atomic mass is 35.5. The number of nitro groups is 1. The summed E-state index contributed by atoms with van der Waals surface area (Å²) in [4.78, 5) is 10.5. The fourth-order valence-corrected chi connectivity index (χ4v) is 2.12. The van der Waals surface area contributed by atoms with Crippen LogP contribution < -0.4 is 0 Å². The fraction of sp³-hybridized carbons (Fsp3) is 0.0769. The maximum Gasteiger partial charge on any atom is 0.273 e. The zero-order valence-electron chi connectivity index (χ0n) is 9.27. The van der Waals surface area contributed by atoms with Crippen molar-refractivity contribution in [3.05, 3.63) is 73.8 Å². The van der Waals surface area contributed by atoms with Gasteiger partial charge in [0.05, 0.1) is 4.92 Å².